The van der Waals surface area contributed by atoms with E-state index in [9.17, 15) is 4.79 Å². The molecule has 4 heteroatoms. The Morgan fingerprint density at radius 1 is 0.778 bits per heavy atom. The highest BCUT2D eigenvalue weighted by atomic mass is 32.1. The van der Waals surface area contributed by atoms with Crippen LogP contribution in [0.25, 0.3) is 19.5 Å². The maximum atomic E-state index is 10.7. The zero-order valence-electron chi connectivity index (χ0n) is 9.67. The van der Waals surface area contributed by atoms with Gasteiger partial charge in [0.05, 0.1) is 4.88 Å². The molecule has 0 N–H and O–H groups in total. The second kappa shape index (κ2) is 4.80. The summed E-state index contributed by atoms with van der Waals surface area (Å²) in [7, 11) is 0. The van der Waals surface area contributed by atoms with Gasteiger partial charge in [0.2, 0.25) is 0 Å². The van der Waals surface area contributed by atoms with Crippen molar-refractivity contribution in [3.63, 3.8) is 0 Å². The van der Waals surface area contributed by atoms with Crippen molar-refractivity contribution in [3.8, 4) is 19.5 Å². The number of aryl methyl sites for hydroxylation is 1. The van der Waals surface area contributed by atoms with Gasteiger partial charge in [-0.2, -0.15) is 0 Å². The number of carbonyl (C=O) groups is 1. The molecular formula is C14H10OS3. The molecule has 0 spiro atoms. The minimum atomic E-state index is 0.784. The van der Waals surface area contributed by atoms with Crippen molar-refractivity contribution < 1.29 is 4.79 Å². The van der Waals surface area contributed by atoms with Crippen molar-refractivity contribution in [2.45, 2.75) is 6.92 Å². The fourth-order valence-electron chi connectivity index (χ4n) is 1.72. The Kier molecular flexibility index (Phi) is 3.16. The van der Waals surface area contributed by atoms with Crippen LogP contribution in [0.2, 0.25) is 0 Å². The van der Waals surface area contributed by atoms with Gasteiger partial charge in [-0.3, -0.25) is 4.79 Å². The predicted octanol–water partition coefficient (Wildman–Crippen LogP) is 5.33. The molecule has 0 radical (unpaired) electrons. The molecule has 0 saturated heterocycles. The number of thiophene rings is 3. The minimum Gasteiger partial charge on any atom is -0.297 e. The van der Waals surface area contributed by atoms with E-state index in [0.717, 1.165) is 11.2 Å². The number of carbonyl (C=O) groups excluding carboxylic acids is 1. The molecule has 3 heterocycles. The van der Waals surface area contributed by atoms with Crippen LogP contribution in [0.3, 0.4) is 0 Å². The van der Waals surface area contributed by atoms with E-state index in [1.54, 1.807) is 22.7 Å². The van der Waals surface area contributed by atoms with Crippen LogP contribution in [-0.4, -0.2) is 6.29 Å². The van der Waals surface area contributed by atoms with Gasteiger partial charge in [-0.15, -0.1) is 34.0 Å². The highest BCUT2D eigenvalue weighted by Crippen LogP contribution is 2.39. The van der Waals surface area contributed by atoms with E-state index in [1.165, 1.54) is 24.4 Å². The third-order valence-electron chi connectivity index (χ3n) is 2.57. The Bertz CT molecular complexity index is 687. The van der Waals surface area contributed by atoms with E-state index in [0.29, 0.717) is 0 Å². The smallest absolute Gasteiger partial charge is 0.160 e. The number of hydrogen-bond donors (Lipinski definition) is 0. The van der Waals surface area contributed by atoms with E-state index in [4.69, 9.17) is 0 Å². The first kappa shape index (κ1) is 11.8. The largest absolute Gasteiger partial charge is 0.297 e. The maximum Gasteiger partial charge on any atom is 0.160 e. The van der Waals surface area contributed by atoms with Gasteiger partial charge in [0.25, 0.3) is 0 Å². The maximum absolute atomic E-state index is 10.7. The molecule has 0 amide bonds. The van der Waals surface area contributed by atoms with Gasteiger partial charge in [0, 0.05) is 24.4 Å². The first-order valence-corrected chi connectivity index (χ1v) is 7.93. The normalized spacial score (nSPS) is 10.7. The van der Waals surface area contributed by atoms with E-state index < -0.39 is 0 Å². The van der Waals surface area contributed by atoms with Crippen LogP contribution in [0.4, 0.5) is 0 Å². The third kappa shape index (κ3) is 2.19. The summed E-state index contributed by atoms with van der Waals surface area (Å²) in [5.41, 5.74) is 0. The molecule has 3 rings (SSSR count). The fraction of sp³-hybridized carbons (Fsp3) is 0.0714. The lowest BCUT2D eigenvalue weighted by molar-refractivity contribution is 0.112. The summed E-state index contributed by atoms with van der Waals surface area (Å²) >= 11 is 5.14. The Hall–Kier alpha value is -1.23. The number of rotatable bonds is 3. The minimum absolute atomic E-state index is 0.784. The van der Waals surface area contributed by atoms with Gasteiger partial charge in [0.1, 0.15) is 0 Å². The molecular weight excluding hydrogens is 280 g/mol. The van der Waals surface area contributed by atoms with Gasteiger partial charge in [-0.25, -0.2) is 0 Å². The number of aldehydes is 1. The van der Waals surface area contributed by atoms with E-state index in [2.05, 4.69) is 31.2 Å². The highest BCUT2D eigenvalue weighted by molar-refractivity contribution is 7.26. The Balaban J connectivity index is 1.96. The van der Waals surface area contributed by atoms with Crippen LogP contribution >= 0.6 is 34.0 Å². The molecule has 18 heavy (non-hydrogen) atoms. The van der Waals surface area contributed by atoms with Crippen molar-refractivity contribution in [1.29, 1.82) is 0 Å². The Labute approximate surface area is 117 Å². The molecule has 0 bridgehead atoms. The second-order valence-electron chi connectivity index (χ2n) is 3.89. The molecule has 3 aromatic rings. The van der Waals surface area contributed by atoms with Crippen molar-refractivity contribution in [1.82, 2.24) is 0 Å². The molecule has 0 aliphatic heterocycles. The molecule has 0 fully saturated rings. The van der Waals surface area contributed by atoms with Crippen LogP contribution < -0.4 is 0 Å². The second-order valence-corrected chi connectivity index (χ2v) is 7.38. The zero-order valence-corrected chi connectivity index (χ0v) is 12.1. The summed E-state index contributed by atoms with van der Waals surface area (Å²) in [6.07, 6.45) is 0.908. The molecule has 1 nitrogen and oxygen atoms in total. The van der Waals surface area contributed by atoms with Gasteiger partial charge in [-0.05, 0) is 43.3 Å². The average molecular weight is 290 g/mol. The lowest BCUT2D eigenvalue weighted by Gasteiger charge is -1.90. The fourth-order valence-corrected chi connectivity index (χ4v) is 4.60. The monoisotopic (exact) mass is 290 g/mol. The molecule has 3 aromatic heterocycles. The highest BCUT2D eigenvalue weighted by Gasteiger charge is 2.08. The van der Waals surface area contributed by atoms with Crippen LogP contribution in [0.15, 0.2) is 36.4 Å². The van der Waals surface area contributed by atoms with Crippen LogP contribution in [0.1, 0.15) is 14.5 Å². The van der Waals surface area contributed by atoms with Crippen molar-refractivity contribution in [3.05, 3.63) is 46.2 Å². The average Bonchev–Trinajstić information content (AvgIpc) is 3.07. The predicted molar refractivity (Wildman–Crippen MR) is 81.1 cm³/mol. The van der Waals surface area contributed by atoms with Crippen molar-refractivity contribution >= 4 is 40.3 Å². The van der Waals surface area contributed by atoms with Crippen LogP contribution in [0, 0.1) is 6.92 Å². The molecule has 0 saturated carbocycles. The van der Waals surface area contributed by atoms with Gasteiger partial charge in [0.15, 0.2) is 6.29 Å². The summed E-state index contributed by atoms with van der Waals surface area (Å²) in [6, 6.07) is 12.5. The lowest BCUT2D eigenvalue weighted by Crippen LogP contribution is -1.62. The first-order valence-electron chi connectivity index (χ1n) is 5.48. The molecule has 0 aliphatic carbocycles. The number of hydrogen-bond acceptors (Lipinski definition) is 4. The summed E-state index contributed by atoms with van der Waals surface area (Å²) < 4.78 is 0. The van der Waals surface area contributed by atoms with Crippen molar-refractivity contribution in [2.24, 2.45) is 0 Å². The summed E-state index contributed by atoms with van der Waals surface area (Å²) in [4.78, 5) is 17.8. The topological polar surface area (TPSA) is 17.1 Å². The first-order chi connectivity index (χ1) is 8.76. The van der Waals surface area contributed by atoms with Crippen molar-refractivity contribution in [2.75, 3.05) is 0 Å². The van der Waals surface area contributed by atoms with Gasteiger partial charge >= 0.3 is 0 Å². The summed E-state index contributed by atoms with van der Waals surface area (Å²) in [6.45, 7) is 2.12. The third-order valence-corrected chi connectivity index (χ3v) is 6.06. The molecule has 0 aliphatic rings. The van der Waals surface area contributed by atoms with Gasteiger partial charge < -0.3 is 0 Å². The molecule has 0 atom stereocenters. The SMILES string of the molecule is Cc1ccc(-c2ccc(-c3ccc(C=O)s3)s2)s1. The molecule has 0 aromatic carbocycles. The zero-order chi connectivity index (χ0) is 12.5. The summed E-state index contributed by atoms with van der Waals surface area (Å²) in [5.74, 6) is 0. The Morgan fingerprint density at radius 2 is 1.33 bits per heavy atom. The van der Waals surface area contributed by atoms with Gasteiger partial charge in [-0.1, -0.05) is 0 Å². The van der Waals surface area contributed by atoms with E-state index in [1.807, 2.05) is 23.5 Å². The van der Waals surface area contributed by atoms with E-state index in [-0.39, 0.29) is 0 Å². The molecule has 90 valence electrons. The molecule has 0 unspecified atom stereocenters. The van der Waals surface area contributed by atoms with Crippen LogP contribution in [-0.2, 0) is 0 Å². The quantitative estimate of drug-likeness (QED) is 0.596. The Morgan fingerprint density at radius 3 is 1.89 bits per heavy atom. The lowest BCUT2D eigenvalue weighted by atomic mass is 10.3. The standard InChI is InChI=1S/C14H10OS3/c1-9-2-4-11(16-9)13-6-7-14(18-13)12-5-3-10(8-15)17-12/h2-8H,1H3. The van der Waals surface area contributed by atoms with E-state index >= 15 is 0 Å². The van der Waals surface area contributed by atoms with Crippen LogP contribution in [0.5, 0.6) is 0 Å². The summed E-state index contributed by atoms with van der Waals surface area (Å²) in [5, 5.41) is 0.